The highest BCUT2D eigenvalue weighted by atomic mass is 79.9. The number of alkyl halides is 1. The molecule has 0 spiro atoms. The van der Waals surface area contributed by atoms with Gasteiger partial charge in [0.2, 0.25) is 0 Å². The van der Waals surface area contributed by atoms with E-state index in [1.807, 2.05) is 25.1 Å². The number of phenols is 2. The van der Waals surface area contributed by atoms with Gasteiger partial charge in [0.15, 0.2) is 0 Å². The number of ether oxygens (including phenoxy) is 1. The Morgan fingerprint density at radius 2 is 1.78 bits per heavy atom. The SMILES string of the molecule is C=C(C)C1CCC(COC(C)=O)=C[C@@H]1c1c(O)cc(C(C)(C)CCCCCCBr)cc1O. The molecule has 178 valence electrons. The predicted octanol–water partition coefficient (Wildman–Crippen LogP) is 7.28. The minimum absolute atomic E-state index is 0.112. The van der Waals surface area contributed by atoms with Crippen molar-refractivity contribution in [2.45, 2.75) is 84.0 Å². The van der Waals surface area contributed by atoms with Crippen molar-refractivity contribution in [3.63, 3.8) is 0 Å². The van der Waals surface area contributed by atoms with E-state index in [1.54, 1.807) is 0 Å². The normalized spacial score (nSPS) is 18.8. The highest BCUT2D eigenvalue weighted by Gasteiger charge is 2.32. The maximum absolute atomic E-state index is 11.2. The topological polar surface area (TPSA) is 66.8 Å². The summed E-state index contributed by atoms with van der Waals surface area (Å²) in [5, 5.41) is 23.1. The Morgan fingerprint density at radius 3 is 2.34 bits per heavy atom. The van der Waals surface area contributed by atoms with E-state index in [0.29, 0.717) is 5.56 Å². The molecule has 1 aromatic rings. The fourth-order valence-electron chi connectivity index (χ4n) is 4.64. The second-order valence-corrected chi connectivity index (χ2v) is 10.6. The van der Waals surface area contributed by atoms with Crippen molar-refractivity contribution in [1.82, 2.24) is 0 Å². The van der Waals surface area contributed by atoms with Crippen LogP contribution < -0.4 is 0 Å². The Hall–Kier alpha value is -1.75. The first-order chi connectivity index (χ1) is 15.1. The van der Waals surface area contributed by atoms with Crippen LogP contribution in [0.3, 0.4) is 0 Å². The van der Waals surface area contributed by atoms with E-state index in [0.717, 1.165) is 47.7 Å². The first kappa shape index (κ1) is 26.5. The van der Waals surface area contributed by atoms with E-state index in [2.05, 4.69) is 36.4 Å². The lowest BCUT2D eigenvalue weighted by Gasteiger charge is -2.33. The van der Waals surface area contributed by atoms with Gasteiger partial charge in [0.1, 0.15) is 18.1 Å². The van der Waals surface area contributed by atoms with Gasteiger partial charge in [-0.15, -0.1) is 0 Å². The highest BCUT2D eigenvalue weighted by molar-refractivity contribution is 9.09. The van der Waals surface area contributed by atoms with Crippen LogP contribution in [0.25, 0.3) is 0 Å². The number of halogens is 1. The third kappa shape index (κ3) is 7.13. The van der Waals surface area contributed by atoms with Crippen LogP contribution in [0, 0.1) is 5.92 Å². The van der Waals surface area contributed by atoms with Gasteiger partial charge < -0.3 is 14.9 Å². The standard InChI is InChI=1S/C27H39BrO4/c1-18(2)22-11-10-20(17-32-19(3)29)14-23(22)26-24(30)15-21(16-25(26)31)27(4,5)12-8-6-7-9-13-28/h14-16,22-23,30-31H,1,6-13,17H2,2-5H3/t22?,23-/m0/s1. The molecule has 0 saturated carbocycles. The first-order valence-corrected chi connectivity index (χ1v) is 12.8. The smallest absolute Gasteiger partial charge is 0.302 e. The van der Waals surface area contributed by atoms with Gasteiger partial charge in [-0.05, 0) is 67.2 Å². The largest absolute Gasteiger partial charge is 0.507 e. The maximum Gasteiger partial charge on any atom is 0.302 e. The molecular weight excluding hydrogens is 468 g/mol. The van der Waals surface area contributed by atoms with Crippen LogP contribution >= 0.6 is 15.9 Å². The fourth-order valence-corrected chi connectivity index (χ4v) is 5.04. The quantitative estimate of drug-likeness (QED) is 0.143. The van der Waals surface area contributed by atoms with Crippen LogP contribution in [0.2, 0.25) is 0 Å². The van der Waals surface area contributed by atoms with Gasteiger partial charge in [-0.2, -0.15) is 0 Å². The summed E-state index contributed by atoms with van der Waals surface area (Å²) in [5.41, 5.74) is 3.37. The molecule has 1 aliphatic carbocycles. The lowest BCUT2D eigenvalue weighted by molar-refractivity contribution is -0.140. The molecule has 5 heteroatoms. The van der Waals surface area contributed by atoms with Crippen molar-refractivity contribution in [1.29, 1.82) is 0 Å². The maximum atomic E-state index is 11.2. The molecule has 1 aliphatic rings. The Labute approximate surface area is 201 Å². The number of carbonyl (C=O) groups is 1. The minimum atomic E-state index is -0.311. The van der Waals surface area contributed by atoms with Crippen LogP contribution in [0.15, 0.2) is 35.9 Å². The summed E-state index contributed by atoms with van der Waals surface area (Å²) in [6.45, 7) is 12.1. The number of hydrogen-bond donors (Lipinski definition) is 2. The molecule has 1 unspecified atom stereocenters. The molecule has 0 aromatic heterocycles. The number of phenolic OH excluding ortho intramolecular Hbond substituents is 2. The zero-order chi connectivity index (χ0) is 23.9. The Balaban J connectivity index is 2.30. The Bertz CT molecular complexity index is 817. The van der Waals surface area contributed by atoms with Gasteiger partial charge in [0.05, 0.1) is 0 Å². The van der Waals surface area contributed by atoms with Gasteiger partial charge >= 0.3 is 5.97 Å². The zero-order valence-electron chi connectivity index (χ0n) is 20.0. The summed E-state index contributed by atoms with van der Waals surface area (Å²) in [5.74, 6) is -0.162. The molecule has 0 saturated heterocycles. The molecular formula is C27H39BrO4. The van der Waals surface area contributed by atoms with Crippen molar-refractivity contribution < 1.29 is 19.7 Å². The number of benzene rings is 1. The first-order valence-electron chi connectivity index (χ1n) is 11.7. The molecule has 4 nitrogen and oxygen atoms in total. The van der Waals surface area contributed by atoms with Gasteiger partial charge in [0, 0.05) is 23.7 Å². The second kappa shape index (κ2) is 11.9. The number of rotatable bonds is 11. The van der Waals surface area contributed by atoms with E-state index in [9.17, 15) is 15.0 Å². The molecule has 32 heavy (non-hydrogen) atoms. The average molecular weight is 508 g/mol. The summed E-state index contributed by atoms with van der Waals surface area (Å²) in [4.78, 5) is 11.2. The van der Waals surface area contributed by atoms with Crippen molar-refractivity contribution in [2.24, 2.45) is 5.92 Å². The van der Waals surface area contributed by atoms with Crippen LogP contribution in [0.5, 0.6) is 11.5 Å². The summed E-state index contributed by atoms with van der Waals surface area (Å²) in [6.07, 6.45) is 9.39. The van der Waals surface area contributed by atoms with Crippen LogP contribution in [-0.4, -0.2) is 28.1 Å². The predicted molar refractivity (Wildman–Crippen MR) is 135 cm³/mol. The molecule has 0 heterocycles. The van der Waals surface area contributed by atoms with Crippen molar-refractivity contribution >= 4 is 21.9 Å². The van der Waals surface area contributed by atoms with Crippen LogP contribution in [0.1, 0.15) is 89.7 Å². The zero-order valence-corrected chi connectivity index (χ0v) is 21.6. The summed E-state index contributed by atoms with van der Waals surface area (Å²) < 4.78 is 5.19. The van der Waals surface area contributed by atoms with E-state index in [-0.39, 0.29) is 41.3 Å². The number of esters is 1. The van der Waals surface area contributed by atoms with E-state index >= 15 is 0 Å². The number of hydrogen-bond acceptors (Lipinski definition) is 4. The van der Waals surface area contributed by atoms with E-state index < -0.39 is 0 Å². The molecule has 0 fully saturated rings. The number of aromatic hydroxyl groups is 2. The highest BCUT2D eigenvalue weighted by Crippen LogP contribution is 2.48. The third-order valence-electron chi connectivity index (χ3n) is 6.66. The Kier molecular flexibility index (Phi) is 9.87. The fraction of sp³-hybridized carbons (Fsp3) is 0.593. The molecule has 1 aromatic carbocycles. The average Bonchev–Trinajstić information content (AvgIpc) is 2.71. The van der Waals surface area contributed by atoms with Gasteiger partial charge in [0.25, 0.3) is 0 Å². The molecule has 0 radical (unpaired) electrons. The number of carbonyl (C=O) groups excluding carboxylic acids is 1. The van der Waals surface area contributed by atoms with Crippen molar-refractivity contribution in [3.05, 3.63) is 47.1 Å². The van der Waals surface area contributed by atoms with Crippen molar-refractivity contribution in [3.8, 4) is 11.5 Å². The Morgan fingerprint density at radius 1 is 1.16 bits per heavy atom. The monoisotopic (exact) mass is 506 g/mol. The molecule has 2 rings (SSSR count). The lowest BCUT2D eigenvalue weighted by atomic mass is 9.72. The number of allylic oxidation sites excluding steroid dienone is 2. The molecule has 0 amide bonds. The van der Waals surface area contributed by atoms with Gasteiger partial charge in [-0.3, -0.25) is 4.79 Å². The molecule has 0 bridgehead atoms. The summed E-state index contributed by atoms with van der Waals surface area (Å²) >= 11 is 3.48. The minimum Gasteiger partial charge on any atom is -0.507 e. The summed E-state index contributed by atoms with van der Waals surface area (Å²) in [7, 11) is 0. The van der Waals surface area contributed by atoms with E-state index in [4.69, 9.17) is 4.74 Å². The third-order valence-corrected chi connectivity index (χ3v) is 7.22. The van der Waals surface area contributed by atoms with E-state index in [1.165, 1.54) is 26.2 Å². The second-order valence-electron chi connectivity index (χ2n) is 9.79. The molecule has 2 N–H and O–H groups in total. The van der Waals surface area contributed by atoms with Crippen LogP contribution in [-0.2, 0) is 14.9 Å². The van der Waals surface area contributed by atoms with Crippen LogP contribution in [0.4, 0.5) is 0 Å². The molecule has 0 aliphatic heterocycles. The van der Waals surface area contributed by atoms with Gasteiger partial charge in [-0.1, -0.05) is 67.3 Å². The van der Waals surface area contributed by atoms with Gasteiger partial charge in [-0.25, -0.2) is 0 Å². The number of unbranched alkanes of at least 4 members (excludes halogenated alkanes) is 3. The molecule has 2 atom stereocenters. The lowest BCUT2D eigenvalue weighted by Crippen LogP contribution is -2.21. The van der Waals surface area contributed by atoms with Crippen molar-refractivity contribution in [2.75, 3.05) is 11.9 Å². The summed E-state index contributed by atoms with van der Waals surface area (Å²) in [6, 6.07) is 3.63.